The highest BCUT2D eigenvalue weighted by Crippen LogP contribution is 2.35. The second-order valence-corrected chi connectivity index (χ2v) is 18.2. The Morgan fingerprint density at radius 3 is 2.39 bits per heavy atom. The molecule has 4 heterocycles. The minimum Gasteiger partial charge on any atom is -0.391 e. The molecular formula is C51H64FN9. The first-order valence-electron chi connectivity index (χ1n) is 22.0. The van der Waals surface area contributed by atoms with Crippen LogP contribution in [0.25, 0.3) is 33.4 Å². The van der Waals surface area contributed by atoms with Gasteiger partial charge in [-0.15, -0.1) is 0 Å². The SMILES string of the molecule is C=CNCCC(=C)Nc1ccc(N2CCC(CN3CCC(c4ccc(-c5cnc6n[nH]c(-c7ccc(CC(CN=C)=NCC(C)(C)C)c(C)c7F)c6c5)cc4)CC3)CC2)cc1. The minimum absolute atomic E-state index is 0.0560. The van der Waals surface area contributed by atoms with Crippen molar-refractivity contribution in [1.82, 2.24) is 25.4 Å². The molecule has 0 amide bonds. The first-order chi connectivity index (χ1) is 29.5. The van der Waals surface area contributed by atoms with E-state index in [4.69, 9.17) is 4.99 Å². The Bertz CT molecular complexity index is 2300. The molecule has 0 bridgehead atoms. The average molecular weight is 822 g/mol. The van der Waals surface area contributed by atoms with Gasteiger partial charge >= 0.3 is 0 Å². The molecule has 2 aromatic heterocycles. The second-order valence-electron chi connectivity index (χ2n) is 18.2. The number of anilines is 2. The molecule has 10 heteroatoms. The lowest BCUT2D eigenvalue weighted by Gasteiger charge is -2.38. The Labute approximate surface area is 362 Å². The molecule has 7 rings (SSSR count). The van der Waals surface area contributed by atoms with E-state index >= 15 is 4.39 Å². The fourth-order valence-electron chi connectivity index (χ4n) is 8.72. The van der Waals surface area contributed by atoms with E-state index in [2.05, 4.69) is 136 Å². The number of aromatic amines is 1. The van der Waals surface area contributed by atoms with E-state index in [0.717, 1.165) is 84.2 Å². The Balaban J connectivity index is 0.912. The van der Waals surface area contributed by atoms with E-state index < -0.39 is 0 Å². The standard InChI is InChI=1S/C51H64FN9/c1-8-54-24-19-35(2)57-43-14-16-45(17-15-43)61-27-20-37(21-28-61)33-60-25-22-40(23-26-60)38-9-11-39(12-10-38)42-30-47-49(58-59-50(47)55-31-42)46-18-13-41(36(3)48(46)52)29-44(32-53-7)56-34-51(4,5)6/h8-18,30-31,37,40,54,57H,1-2,7,19-29,32-34H2,3-6H3,(H,55,58,59). The number of hydrogen-bond donors (Lipinski definition) is 3. The van der Waals surface area contributed by atoms with Gasteiger partial charge < -0.3 is 20.4 Å². The zero-order valence-corrected chi connectivity index (χ0v) is 36.7. The second kappa shape index (κ2) is 19.8. The normalized spacial score (nSPS) is 15.9. The molecule has 0 radical (unpaired) electrons. The number of likely N-dealkylation sites (tertiary alicyclic amines) is 1. The number of benzene rings is 3. The van der Waals surface area contributed by atoms with Gasteiger partial charge in [-0.2, -0.15) is 5.10 Å². The minimum atomic E-state index is -0.265. The van der Waals surface area contributed by atoms with Crippen LogP contribution in [0.4, 0.5) is 15.8 Å². The highest BCUT2D eigenvalue weighted by molar-refractivity contribution is 5.94. The third kappa shape index (κ3) is 11.2. The van der Waals surface area contributed by atoms with E-state index in [9.17, 15) is 0 Å². The van der Waals surface area contributed by atoms with E-state index in [1.54, 1.807) is 6.20 Å². The van der Waals surface area contributed by atoms with Gasteiger partial charge in [0.15, 0.2) is 5.65 Å². The van der Waals surface area contributed by atoms with Crippen LogP contribution in [0.1, 0.15) is 75.5 Å². The van der Waals surface area contributed by atoms with Crippen molar-refractivity contribution in [3.8, 4) is 22.4 Å². The summed E-state index contributed by atoms with van der Waals surface area (Å²) in [5.74, 6) is 1.05. The van der Waals surface area contributed by atoms with Gasteiger partial charge in [-0.05, 0) is 135 Å². The zero-order valence-electron chi connectivity index (χ0n) is 36.7. The summed E-state index contributed by atoms with van der Waals surface area (Å²) in [6.45, 7) is 27.5. The molecule has 0 saturated carbocycles. The van der Waals surface area contributed by atoms with Crippen LogP contribution >= 0.6 is 0 Å². The smallest absolute Gasteiger partial charge is 0.181 e. The molecule has 0 atom stereocenters. The molecule has 2 fully saturated rings. The largest absolute Gasteiger partial charge is 0.391 e. The van der Waals surface area contributed by atoms with Crippen LogP contribution in [0.5, 0.6) is 0 Å². The third-order valence-electron chi connectivity index (χ3n) is 12.3. The molecule has 0 aliphatic carbocycles. The van der Waals surface area contributed by atoms with E-state index in [1.165, 1.54) is 43.5 Å². The van der Waals surface area contributed by atoms with E-state index in [0.29, 0.717) is 47.9 Å². The van der Waals surface area contributed by atoms with Crippen LogP contribution in [0.2, 0.25) is 0 Å². The summed E-state index contributed by atoms with van der Waals surface area (Å²) >= 11 is 0. The molecule has 320 valence electrons. The highest BCUT2D eigenvalue weighted by atomic mass is 19.1. The van der Waals surface area contributed by atoms with Gasteiger partial charge in [-0.3, -0.25) is 15.1 Å². The van der Waals surface area contributed by atoms with Crippen molar-refractivity contribution in [2.45, 2.75) is 72.1 Å². The number of hydrogen-bond acceptors (Lipinski definition) is 8. The van der Waals surface area contributed by atoms with Gasteiger partial charge in [0.25, 0.3) is 0 Å². The summed E-state index contributed by atoms with van der Waals surface area (Å²) in [5, 5.41) is 14.9. The fourth-order valence-corrected chi connectivity index (χ4v) is 8.72. The Morgan fingerprint density at radius 1 is 0.967 bits per heavy atom. The first-order valence-corrected chi connectivity index (χ1v) is 22.0. The topological polar surface area (TPSA) is 96.8 Å². The summed E-state index contributed by atoms with van der Waals surface area (Å²) < 4.78 is 16.1. The predicted molar refractivity (Wildman–Crippen MR) is 255 cm³/mol. The summed E-state index contributed by atoms with van der Waals surface area (Å²) in [7, 11) is 0. The lowest BCUT2D eigenvalue weighted by molar-refractivity contribution is 0.170. The van der Waals surface area contributed by atoms with Crippen LogP contribution in [-0.4, -0.2) is 84.9 Å². The fraction of sp³-hybridized carbons (Fsp3) is 0.412. The van der Waals surface area contributed by atoms with Crippen molar-refractivity contribution in [1.29, 1.82) is 0 Å². The number of aliphatic imine (C=N–C) groups is 2. The lowest BCUT2D eigenvalue weighted by Crippen LogP contribution is -2.41. The molecule has 3 N–H and O–H groups in total. The summed E-state index contributed by atoms with van der Waals surface area (Å²) in [4.78, 5) is 18.8. The van der Waals surface area contributed by atoms with Gasteiger partial charge in [0.2, 0.25) is 0 Å². The van der Waals surface area contributed by atoms with Crippen molar-refractivity contribution in [3.05, 3.63) is 120 Å². The van der Waals surface area contributed by atoms with Gasteiger partial charge in [-0.25, -0.2) is 9.37 Å². The number of nitrogens with one attached hydrogen (secondary N) is 3. The summed E-state index contributed by atoms with van der Waals surface area (Å²) in [5.41, 5.74) is 11.0. The number of halogens is 1. The van der Waals surface area contributed by atoms with Gasteiger partial charge in [0.1, 0.15) is 5.82 Å². The number of fused-ring (bicyclic) bond motifs is 1. The maximum atomic E-state index is 16.1. The van der Waals surface area contributed by atoms with E-state index in [1.807, 2.05) is 25.3 Å². The molecule has 2 aliphatic rings. The van der Waals surface area contributed by atoms with Gasteiger partial charge in [0, 0.05) is 91.1 Å². The number of pyridine rings is 1. The predicted octanol–water partition coefficient (Wildman–Crippen LogP) is 10.6. The van der Waals surface area contributed by atoms with Crippen molar-refractivity contribution in [3.63, 3.8) is 0 Å². The third-order valence-corrected chi connectivity index (χ3v) is 12.3. The molecule has 5 aromatic rings. The molecule has 0 spiro atoms. The van der Waals surface area contributed by atoms with Crippen molar-refractivity contribution < 1.29 is 4.39 Å². The van der Waals surface area contributed by atoms with Gasteiger partial charge in [0.05, 0.1) is 12.2 Å². The lowest BCUT2D eigenvalue weighted by atomic mass is 9.87. The monoisotopic (exact) mass is 822 g/mol. The molecule has 9 nitrogen and oxygen atoms in total. The molecule has 2 saturated heterocycles. The number of nitrogens with zero attached hydrogens (tertiary/aromatic N) is 6. The highest BCUT2D eigenvalue weighted by Gasteiger charge is 2.26. The molecule has 2 aliphatic heterocycles. The van der Waals surface area contributed by atoms with Crippen molar-refractivity contribution in [2.24, 2.45) is 21.3 Å². The maximum Gasteiger partial charge on any atom is 0.181 e. The molecule has 3 aromatic carbocycles. The molecular weight excluding hydrogens is 758 g/mol. The van der Waals surface area contributed by atoms with E-state index in [-0.39, 0.29) is 11.2 Å². The Hall–Kier alpha value is -5.61. The van der Waals surface area contributed by atoms with Gasteiger partial charge in [-0.1, -0.05) is 64.3 Å². The number of H-pyrrole nitrogens is 1. The van der Waals surface area contributed by atoms with Crippen LogP contribution in [-0.2, 0) is 6.42 Å². The summed E-state index contributed by atoms with van der Waals surface area (Å²) in [6.07, 6.45) is 9.80. The number of piperidine rings is 2. The summed E-state index contributed by atoms with van der Waals surface area (Å²) in [6, 6.07) is 23.7. The Morgan fingerprint density at radius 2 is 1.70 bits per heavy atom. The average Bonchev–Trinajstić information content (AvgIpc) is 3.68. The van der Waals surface area contributed by atoms with Crippen LogP contribution < -0.4 is 15.5 Å². The van der Waals surface area contributed by atoms with Crippen molar-refractivity contribution in [2.75, 3.05) is 62.6 Å². The quantitative estimate of drug-likeness (QED) is 0.0639. The number of rotatable bonds is 17. The first kappa shape index (κ1) is 43.5. The van der Waals surface area contributed by atoms with Crippen LogP contribution in [0, 0.1) is 24.1 Å². The number of aromatic nitrogens is 3. The molecule has 0 unspecified atom stereocenters. The zero-order chi connectivity index (χ0) is 42.9. The van der Waals surface area contributed by atoms with Crippen LogP contribution in [0.3, 0.4) is 0 Å². The van der Waals surface area contributed by atoms with Crippen LogP contribution in [0.15, 0.2) is 108 Å². The Kier molecular flexibility index (Phi) is 14.1. The molecule has 61 heavy (non-hydrogen) atoms. The maximum absolute atomic E-state index is 16.1. The van der Waals surface area contributed by atoms with Crippen molar-refractivity contribution >= 4 is 34.8 Å².